The maximum atomic E-state index is 11.6. The van der Waals surface area contributed by atoms with Crippen LogP contribution in [0.5, 0.6) is 0 Å². The van der Waals surface area contributed by atoms with E-state index in [1.165, 1.54) is 0 Å². The molecule has 0 saturated carbocycles. The lowest BCUT2D eigenvalue weighted by Crippen LogP contribution is -2.21. The normalized spacial score (nSPS) is 15.6. The smallest absolute Gasteiger partial charge is 0.0471 e. The number of nitrogens with two attached hydrogens (primary N) is 1. The van der Waals surface area contributed by atoms with Crippen molar-refractivity contribution >= 4 is 10.8 Å². The fraction of sp³-hybridized carbons (Fsp3) is 1.00. The Morgan fingerprint density at radius 2 is 2.23 bits per heavy atom. The molecule has 0 radical (unpaired) electrons. The third kappa shape index (κ3) is 6.18. The van der Waals surface area contributed by atoms with Crippen LogP contribution < -0.4 is 5.73 Å². The fourth-order valence-electron chi connectivity index (χ4n) is 1.22. The van der Waals surface area contributed by atoms with Crippen LogP contribution in [0.2, 0.25) is 0 Å². The molecule has 0 aromatic rings. The van der Waals surface area contributed by atoms with Gasteiger partial charge in [-0.2, -0.15) is 0 Å². The van der Waals surface area contributed by atoms with Gasteiger partial charge in [-0.15, -0.1) is 0 Å². The van der Waals surface area contributed by atoms with Crippen LogP contribution >= 0.6 is 0 Å². The molecular weight excluding hydrogens is 186 g/mol. The minimum atomic E-state index is -0.719. The summed E-state index contributed by atoms with van der Waals surface area (Å²) in [6, 6.07) is 0. The first-order chi connectivity index (χ1) is 6.26. The molecule has 2 atom stereocenters. The second-order valence-electron chi connectivity index (χ2n) is 3.04. The zero-order chi connectivity index (χ0) is 10.1. The van der Waals surface area contributed by atoms with Crippen molar-refractivity contribution in [1.82, 2.24) is 0 Å². The van der Waals surface area contributed by atoms with Crippen molar-refractivity contribution in [2.45, 2.75) is 31.4 Å². The number of ether oxygens (including phenoxy) is 1. The molecule has 80 valence electrons. The third-order valence-corrected chi connectivity index (χ3v) is 4.01. The standard InChI is InChI=1S/C9H21NO2S/c1-3-9(5-6-10)13(11)8-4-7-12-2/h9H,3-8,10H2,1-2H3. The van der Waals surface area contributed by atoms with Gasteiger partial charge < -0.3 is 10.5 Å². The number of hydrogen-bond donors (Lipinski definition) is 1. The van der Waals surface area contributed by atoms with Gasteiger partial charge >= 0.3 is 0 Å². The average Bonchev–Trinajstić information content (AvgIpc) is 2.14. The molecule has 0 bridgehead atoms. The molecule has 0 saturated heterocycles. The predicted octanol–water partition coefficient (Wildman–Crippen LogP) is 0.899. The Kier molecular flexibility index (Phi) is 8.71. The van der Waals surface area contributed by atoms with Crippen molar-refractivity contribution in [3.63, 3.8) is 0 Å². The first-order valence-electron chi connectivity index (χ1n) is 4.82. The highest BCUT2D eigenvalue weighted by Gasteiger charge is 2.12. The van der Waals surface area contributed by atoms with E-state index in [0.717, 1.165) is 25.0 Å². The Morgan fingerprint density at radius 1 is 1.54 bits per heavy atom. The molecule has 0 aromatic carbocycles. The maximum Gasteiger partial charge on any atom is 0.0471 e. The minimum Gasteiger partial charge on any atom is -0.385 e. The van der Waals surface area contributed by atoms with E-state index in [2.05, 4.69) is 6.92 Å². The number of hydrogen-bond acceptors (Lipinski definition) is 3. The topological polar surface area (TPSA) is 52.3 Å². The monoisotopic (exact) mass is 207 g/mol. The van der Waals surface area contributed by atoms with Gasteiger partial charge in [0.2, 0.25) is 0 Å². The Labute approximate surface area is 83.5 Å². The molecule has 0 fully saturated rings. The SMILES string of the molecule is CCC(CCN)S(=O)CCCOC. The largest absolute Gasteiger partial charge is 0.385 e. The molecule has 0 heterocycles. The number of rotatable bonds is 8. The maximum absolute atomic E-state index is 11.6. The second kappa shape index (κ2) is 8.66. The van der Waals surface area contributed by atoms with Crippen molar-refractivity contribution in [2.24, 2.45) is 5.73 Å². The van der Waals surface area contributed by atoms with E-state index in [1.807, 2.05) is 0 Å². The van der Waals surface area contributed by atoms with Crippen molar-refractivity contribution < 1.29 is 8.95 Å². The number of methoxy groups -OCH3 is 1. The molecule has 0 amide bonds. The van der Waals surface area contributed by atoms with E-state index < -0.39 is 10.8 Å². The van der Waals surface area contributed by atoms with E-state index in [1.54, 1.807) is 7.11 Å². The molecule has 0 aliphatic carbocycles. The van der Waals surface area contributed by atoms with Gasteiger partial charge in [0, 0.05) is 35.5 Å². The third-order valence-electron chi connectivity index (χ3n) is 2.01. The van der Waals surface area contributed by atoms with Crippen molar-refractivity contribution in [1.29, 1.82) is 0 Å². The highest BCUT2D eigenvalue weighted by molar-refractivity contribution is 7.85. The first kappa shape index (κ1) is 13.1. The minimum absolute atomic E-state index is 0.279. The lowest BCUT2D eigenvalue weighted by molar-refractivity contribution is 0.200. The lowest BCUT2D eigenvalue weighted by Gasteiger charge is -2.12. The Bertz CT molecular complexity index is 142. The van der Waals surface area contributed by atoms with E-state index in [9.17, 15) is 4.21 Å². The van der Waals surface area contributed by atoms with Crippen LogP contribution in [0, 0.1) is 0 Å². The first-order valence-corrected chi connectivity index (χ1v) is 6.20. The van der Waals surface area contributed by atoms with Gasteiger partial charge in [0.15, 0.2) is 0 Å². The highest BCUT2D eigenvalue weighted by Crippen LogP contribution is 2.07. The fourth-order valence-corrected chi connectivity index (χ4v) is 2.73. The van der Waals surface area contributed by atoms with Crippen molar-refractivity contribution in [2.75, 3.05) is 26.0 Å². The van der Waals surface area contributed by atoms with Crippen LogP contribution in [0.15, 0.2) is 0 Å². The highest BCUT2D eigenvalue weighted by atomic mass is 32.2. The van der Waals surface area contributed by atoms with E-state index in [4.69, 9.17) is 10.5 Å². The van der Waals surface area contributed by atoms with E-state index >= 15 is 0 Å². The molecule has 4 heteroatoms. The molecule has 2 unspecified atom stereocenters. The van der Waals surface area contributed by atoms with Crippen LogP contribution in [0.1, 0.15) is 26.2 Å². The summed E-state index contributed by atoms with van der Waals surface area (Å²) in [5, 5.41) is 0.279. The van der Waals surface area contributed by atoms with E-state index in [-0.39, 0.29) is 5.25 Å². The van der Waals surface area contributed by atoms with Gasteiger partial charge in [0.1, 0.15) is 0 Å². The zero-order valence-electron chi connectivity index (χ0n) is 8.62. The summed E-state index contributed by atoms with van der Waals surface area (Å²) >= 11 is 0. The lowest BCUT2D eigenvalue weighted by atomic mass is 10.2. The van der Waals surface area contributed by atoms with Crippen LogP contribution in [-0.2, 0) is 15.5 Å². The Morgan fingerprint density at radius 3 is 2.69 bits per heavy atom. The molecular formula is C9H21NO2S. The summed E-state index contributed by atoms with van der Waals surface area (Å²) in [5.41, 5.74) is 5.44. The molecule has 0 spiro atoms. The molecule has 3 nitrogen and oxygen atoms in total. The summed E-state index contributed by atoms with van der Waals surface area (Å²) < 4.78 is 16.5. The Hall–Kier alpha value is 0.0700. The summed E-state index contributed by atoms with van der Waals surface area (Å²) in [6.45, 7) is 3.40. The van der Waals surface area contributed by atoms with Crippen LogP contribution in [0.3, 0.4) is 0 Å². The van der Waals surface area contributed by atoms with Gasteiger partial charge in [-0.25, -0.2) is 0 Å². The second-order valence-corrected chi connectivity index (χ2v) is 4.88. The summed E-state index contributed by atoms with van der Waals surface area (Å²) in [5.74, 6) is 0.742. The quantitative estimate of drug-likeness (QED) is 0.602. The summed E-state index contributed by atoms with van der Waals surface area (Å²) in [4.78, 5) is 0. The molecule has 0 aromatic heterocycles. The van der Waals surface area contributed by atoms with Gasteiger partial charge in [-0.05, 0) is 25.8 Å². The molecule has 0 aliphatic rings. The summed E-state index contributed by atoms with van der Waals surface area (Å²) in [7, 11) is 0.948. The Balaban J connectivity index is 3.64. The van der Waals surface area contributed by atoms with E-state index in [0.29, 0.717) is 13.2 Å². The van der Waals surface area contributed by atoms with Crippen molar-refractivity contribution in [3.8, 4) is 0 Å². The van der Waals surface area contributed by atoms with Gasteiger partial charge in [-0.3, -0.25) is 4.21 Å². The zero-order valence-corrected chi connectivity index (χ0v) is 9.44. The van der Waals surface area contributed by atoms with Crippen LogP contribution in [0.4, 0.5) is 0 Å². The van der Waals surface area contributed by atoms with Gasteiger partial charge in [0.05, 0.1) is 0 Å². The summed E-state index contributed by atoms with van der Waals surface area (Å²) in [6.07, 6.45) is 2.71. The van der Waals surface area contributed by atoms with Gasteiger partial charge in [0.25, 0.3) is 0 Å². The average molecular weight is 207 g/mol. The van der Waals surface area contributed by atoms with Gasteiger partial charge in [-0.1, -0.05) is 6.92 Å². The molecule has 0 aliphatic heterocycles. The predicted molar refractivity (Wildman–Crippen MR) is 57.3 cm³/mol. The van der Waals surface area contributed by atoms with Crippen molar-refractivity contribution in [3.05, 3.63) is 0 Å². The molecule has 0 rings (SSSR count). The van der Waals surface area contributed by atoms with Crippen LogP contribution in [0.25, 0.3) is 0 Å². The van der Waals surface area contributed by atoms with Crippen LogP contribution in [-0.4, -0.2) is 35.5 Å². The molecule has 13 heavy (non-hydrogen) atoms. The molecule has 2 N–H and O–H groups in total.